The van der Waals surface area contributed by atoms with Crippen molar-refractivity contribution < 1.29 is 13.2 Å². The average Bonchev–Trinajstić information content (AvgIpc) is 2.87. The average molecular weight is 316 g/mol. The Morgan fingerprint density at radius 3 is 2.33 bits per heavy atom. The first-order valence-electron chi connectivity index (χ1n) is 6.29. The molecule has 0 aliphatic rings. The summed E-state index contributed by atoms with van der Waals surface area (Å²) < 4.78 is 41.1. The third-order valence-corrected chi connectivity index (χ3v) is 3.62. The summed E-state index contributed by atoms with van der Waals surface area (Å²) >= 11 is 0.755. The predicted molar refractivity (Wildman–Crippen MR) is 77.1 cm³/mol. The van der Waals surface area contributed by atoms with Crippen molar-refractivity contribution in [3.63, 3.8) is 0 Å². The van der Waals surface area contributed by atoms with Crippen LogP contribution in [0.25, 0.3) is 0 Å². The third kappa shape index (κ3) is 3.84. The summed E-state index contributed by atoms with van der Waals surface area (Å²) in [6.45, 7) is 4.24. The Balaban J connectivity index is 2.23. The summed E-state index contributed by atoms with van der Waals surface area (Å²) in [5.41, 5.74) is 7.21. The lowest BCUT2D eigenvalue weighted by Gasteiger charge is -2.25. The normalized spacial score (nSPS) is 11.9. The van der Waals surface area contributed by atoms with Gasteiger partial charge in [-0.15, -0.1) is 0 Å². The quantitative estimate of drug-likeness (QED) is 0.876. The molecule has 2 N–H and O–H groups in total. The van der Waals surface area contributed by atoms with Crippen molar-refractivity contribution in [2.45, 2.75) is 32.6 Å². The van der Waals surface area contributed by atoms with Gasteiger partial charge in [0.25, 0.3) is 0 Å². The first-order chi connectivity index (χ1) is 9.77. The van der Waals surface area contributed by atoms with Gasteiger partial charge >= 0.3 is 6.18 Å². The van der Waals surface area contributed by atoms with Gasteiger partial charge in [0, 0.05) is 29.8 Å². The van der Waals surface area contributed by atoms with Crippen molar-refractivity contribution in [2.24, 2.45) is 0 Å². The Bertz CT molecular complexity index is 592. The van der Waals surface area contributed by atoms with Crippen LogP contribution in [-0.2, 0) is 12.7 Å². The van der Waals surface area contributed by atoms with Gasteiger partial charge in [-0.2, -0.15) is 22.5 Å². The van der Waals surface area contributed by atoms with E-state index in [1.807, 2.05) is 26.0 Å². The molecule has 1 aromatic heterocycles. The molecule has 0 atom stereocenters. The molecule has 0 saturated heterocycles. The molecule has 0 aliphatic carbocycles. The predicted octanol–water partition coefficient (Wildman–Crippen LogP) is 3.55. The molecule has 0 radical (unpaired) electrons. The lowest BCUT2D eigenvalue weighted by atomic mass is 10.2. The van der Waals surface area contributed by atoms with Crippen molar-refractivity contribution in [1.29, 1.82) is 0 Å². The molecule has 0 unspecified atom stereocenters. The van der Waals surface area contributed by atoms with Gasteiger partial charge in [0.15, 0.2) is 0 Å². The Labute approximate surface area is 124 Å². The fraction of sp³-hybridized carbons (Fsp3) is 0.385. The topological polar surface area (TPSA) is 55.0 Å². The molecule has 1 aromatic carbocycles. The van der Waals surface area contributed by atoms with Crippen LogP contribution in [0.5, 0.6) is 0 Å². The van der Waals surface area contributed by atoms with Crippen LogP contribution >= 0.6 is 11.5 Å². The van der Waals surface area contributed by atoms with E-state index >= 15 is 0 Å². The summed E-state index contributed by atoms with van der Waals surface area (Å²) in [6.07, 6.45) is -4.52. The highest BCUT2D eigenvalue weighted by Crippen LogP contribution is 2.31. The monoisotopic (exact) mass is 316 g/mol. The van der Waals surface area contributed by atoms with Crippen LogP contribution in [0.15, 0.2) is 24.3 Å². The maximum Gasteiger partial charge on any atom is 0.452 e. The lowest BCUT2D eigenvalue weighted by Crippen LogP contribution is -2.30. The van der Waals surface area contributed by atoms with Crippen LogP contribution in [0.2, 0.25) is 0 Å². The molecule has 0 bridgehead atoms. The van der Waals surface area contributed by atoms with Crippen LogP contribution in [0.1, 0.15) is 25.2 Å². The molecule has 21 heavy (non-hydrogen) atoms. The Morgan fingerprint density at radius 2 is 1.86 bits per heavy atom. The molecular formula is C13H15F3N4S. The minimum absolute atomic E-state index is 0.00316. The van der Waals surface area contributed by atoms with Crippen LogP contribution < -0.4 is 10.6 Å². The molecule has 8 heteroatoms. The third-order valence-electron chi connectivity index (χ3n) is 2.87. The number of hydrogen-bond acceptors (Lipinski definition) is 5. The van der Waals surface area contributed by atoms with Gasteiger partial charge in [0.05, 0.1) is 0 Å². The van der Waals surface area contributed by atoms with Crippen molar-refractivity contribution in [3.8, 4) is 0 Å². The summed E-state index contributed by atoms with van der Waals surface area (Å²) in [5.74, 6) is -1.09. The Kier molecular flexibility index (Phi) is 4.36. The number of benzene rings is 1. The number of hydrogen-bond donors (Lipinski definition) is 1. The minimum Gasteiger partial charge on any atom is -0.399 e. The fourth-order valence-electron chi connectivity index (χ4n) is 1.74. The van der Waals surface area contributed by atoms with E-state index in [4.69, 9.17) is 5.73 Å². The molecule has 0 fully saturated rings. The number of alkyl halides is 3. The van der Waals surface area contributed by atoms with E-state index in [1.165, 1.54) is 0 Å². The Morgan fingerprint density at radius 1 is 1.24 bits per heavy atom. The molecule has 2 rings (SSSR count). The van der Waals surface area contributed by atoms with Gasteiger partial charge in [-0.1, -0.05) is 12.1 Å². The van der Waals surface area contributed by atoms with Gasteiger partial charge in [0.1, 0.15) is 0 Å². The summed E-state index contributed by atoms with van der Waals surface area (Å²) in [5, 5.41) is 0.258. The Hall–Kier alpha value is -1.83. The standard InChI is InChI=1S/C13H15F3N4S/c1-8(2)20(7-9-3-5-10(17)6-4-9)12-18-11(19-21-12)13(14,15)16/h3-6,8H,7,17H2,1-2H3. The first-order valence-corrected chi connectivity index (χ1v) is 7.06. The number of nitrogens with two attached hydrogens (primary N) is 1. The second kappa shape index (κ2) is 5.88. The first kappa shape index (κ1) is 15.6. The summed E-state index contributed by atoms with van der Waals surface area (Å²) in [7, 11) is 0. The zero-order chi connectivity index (χ0) is 15.6. The van der Waals surface area contributed by atoms with Crippen LogP contribution in [0, 0.1) is 0 Å². The number of nitrogens with zero attached hydrogens (tertiary/aromatic N) is 3. The van der Waals surface area contributed by atoms with Gasteiger partial charge < -0.3 is 10.6 Å². The second-order valence-corrected chi connectivity index (χ2v) is 5.59. The molecule has 0 amide bonds. The van der Waals surface area contributed by atoms with E-state index < -0.39 is 12.0 Å². The van der Waals surface area contributed by atoms with Gasteiger partial charge in [0.2, 0.25) is 11.0 Å². The lowest BCUT2D eigenvalue weighted by molar-refractivity contribution is -0.144. The maximum absolute atomic E-state index is 12.6. The summed E-state index contributed by atoms with van der Waals surface area (Å²) in [6, 6.07) is 7.20. The van der Waals surface area contributed by atoms with E-state index in [-0.39, 0.29) is 11.2 Å². The van der Waals surface area contributed by atoms with E-state index in [0.717, 1.165) is 17.1 Å². The highest BCUT2D eigenvalue weighted by Gasteiger charge is 2.36. The number of halogens is 3. The summed E-state index contributed by atoms with van der Waals surface area (Å²) in [4.78, 5) is 5.38. The second-order valence-electron chi connectivity index (χ2n) is 4.86. The van der Waals surface area contributed by atoms with Crippen molar-refractivity contribution in [1.82, 2.24) is 9.36 Å². The van der Waals surface area contributed by atoms with E-state index in [2.05, 4.69) is 9.36 Å². The van der Waals surface area contributed by atoms with Crippen LogP contribution in [0.3, 0.4) is 0 Å². The van der Waals surface area contributed by atoms with Crippen molar-refractivity contribution in [3.05, 3.63) is 35.7 Å². The molecule has 0 saturated carbocycles. The largest absolute Gasteiger partial charge is 0.452 e. The fourth-order valence-corrected chi connectivity index (χ4v) is 2.56. The molecule has 0 spiro atoms. The molecular weight excluding hydrogens is 301 g/mol. The molecule has 1 heterocycles. The van der Waals surface area contributed by atoms with Gasteiger partial charge in [-0.05, 0) is 31.5 Å². The number of rotatable bonds is 4. The van der Waals surface area contributed by atoms with Gasteiger partial charge in [-0.25, -0.2) is 0 Å². The zero-order valence-electron chi connectivity index (χ0n) is 11.6. The highest BCUT2D eigenvalue weighted by atomic mass is 32.1. The smallest absolute Gasteiger partial charge is 0.399 e. The van der Waals surface area contributed by atoms with E-state index in [1.54, 1.807) is 17.0 Å². The maximum atomic E-state index is 12.6. The molecule has 114 valence electrons. The number of anilines is 2. The van der Waals surface area contributed by atoms with Crippen LogP contribution in [0.4, 0.5) is 24.0 Å². The molecule has 4 nitrogen and oxygen atoms in total. The van der Waals surface area contributed by atoms with Crippen molar-refractivity contribution in [2.75, 3.05) is 10.6 Å². The van der Waals surface area contributed by atoms with E-state index in [9.17, 15) is 13.2 Å². The highest BCUT2D eigenvalue weighted by molar-refractivity contribution is 7.09. The minimum atomic E-state index is -4.52. The van der Waals surface area contributed by atoms with E-state index in [0.29, 0.717) is 12.2 Å². The molecule has 2 aromatic rings. The van der Waals surface area contributed by atoms with Gasteiger partial charge in [-0.3, -0.25) is 0 Å². The van der Waals surface area contributed by atoms with Crippen molar-refractivity contribution >= 4 is 22.4 Å². The SMILES string of the molecule is CC(C)N(Cc1ccc(N)cc1)c1nc(C(F)(F)F)ns1. The number of nitrogen functional groups attached to an aromatic ring is 1. The zero-order valence-corrected chi connectivity index (χ0v) is 12.4. The molecule has 0 aliphatic heterocycles. The van der Waals surface area contributed by atoms with Crippen LogP contribution in [-0.4, -0.2) is 15.4 Å². The number of aromatic nitrogens is 2.